The van der Waals surface area contributed by atoms with Gasteiger partial charge in [0.25, 0.3) is 0 Å². The Hall–Kier alpha value is -3.87. The number of aromatic hydroxyl groups is 1. The molecular weight excluding hydrogens is 356 g/mol. The molecule has 1 aromatic heterocycles. The van der Waals surface area contributed by atoms with Gasteiger partial charge in [-0.15, -0.1) is 0 Å². The Morgan fingerprint density at radius 2 is 1.75 bits per heavy atom. The van der Waals surface area contributed by atoms with E-state index in [4.69, 9.17) is 5.73 Å². The van der Waals surface area contributed by atoms with E-state index >= 15 is 0 Å². The van der Waals surface area contributed by atoms with Gasteiger partial charge in [-0.25, -0.2) is 4.79 Å². The Bertz CT molecular complexity index is 959. The molecule has 0 unspecified atom stereocenters. The summed E-state index contributed by atoms with van der Waals surface area (Å²) < 4.78 is 0. The topological polar surface area (TPSA) is 109 Å². The van der Waals surface area contributed by atoms with Gasteiger partial charge in [0.15, 0.2) is 0 Å². The number of amides is 3. The predicted octanol–water partition coefficient (Wildman–Crippen LogP) is 2.80. The first-order chi connectivity index (χ1) is 13.5. The highest BCUT2D eigenvalue weighted by Gasteiger charge is 2.19. The standard InChI is InChI=1S/C21H20N4O3/c22-20(27)17-9-7-15(8-10-17)14-25(18-5-1-2-6-19(18)26)21(28)24-13-16-4-3-11-23-12-16/h1-12,26H,13-14H2,(H2,22,27)(H,24,28). The minimum Gasteiger partial charge on any atom is -0.506 e. The van der Waals surface area contributed by atoms with Crippen molar-refractivity contribution in [1.29, 1.82) is 0 Å². The van der Waals surface area contributed by atoms with E-state index in [1.165, 1.54) is 11.0 Å². The van der Waals surface area contributed by atoms with Crippen molar-refractivity contribution in [3.63, 3.8) is 0 Å². The smallest absolute Gasteiger partial charge is 0.322 e. The first kappa shape index (κ1) is 18.9. The van der Waals surface area contributed by atoms with Crippen molar-refractivity contribution in [2.45, 2.75) is 13.1 Å². The average molecular weight is 376 g/mol. The highest BCUT2D eigenvalue weighted by Crippen LogP contribution is 2.28. The number of aromatic nitrogens is 1. The number of hydrogen-bond acceptors (Lipinski definition) is 4. The number of carbonyl (C=O) groups is 2. The molecule has 0 aliphatic heterocycles. The molecule has 0 radical (unpaired) electrons. The maximum atomic E-state index is 12.9. The van der Waals surface area contributed by atoms with Crippen LogP contribution in [-0.4, -0.2) is 22.0 Å². The minimum absolute atomic E-state index is 0.00668. The van der Waals surface area contributed by atoms with Gasteiger partial charge < -0.3 is 16.2 Å². The van der Waals surface area contributed by atoms with Crippen molar-refractivity contribution >= 4 is 17.6 Å². The van der Waals surface area contributed by atoms with E-state index in [0.29, 0.717) is 17.8 Å². The summed E-state index contributed by atoms with van der Waals surface area (Å²) in [7, 11) is 0. The molecule has 2 aromatic carbocycles. The summed E-state index contributed by atoms with van der Waals surface area (Å²) in [4.78, 5) is 29.6. The largest absolute Gasteiger partial charge is 0.506 e. The quantitative estimate of drug-likeness (QED) is 0.615. The first-order valence-corrected chi connectivity index (χ1v) is 8.65. The zero-order valence-electron chi connectivity index (χ0n) is 15.1. The molecule has 0 saturated heterocycles. The van der Waals surface area contributed by atoms with Crippen LogP contribution in [0, 0.1) is 0 Å². The average Bonchev–Trinajstić information content (AvgIpc) is 2.72. The Balaban J connectivity index is 1.81. The fraction of sp³-hybridized carbons (Fsp3) is 0.0952. The number of nitrogens with one attached hydrogen (secondary N) is 1. The lowest BCUT2D eigenvalue weighted by molar-refractivity contribution is 0.1000. The summed E-state index contributed by atoms with van der Waals surface area (Å²) in [6.45, 7) is 0.507. The van der Waals surface area contributed by atoms with Crippen LogP contribution in [0.2, 0.25) is 0 Å². The molecule has 3 aromatic rings. The lowest BCUT2D eigenvalue weighted by Gasteiger charge is -2.24. The third kappa shape index (κ3) is 4.64. The third-order valence-electron chi connectivity index (χ3n) is 4.16. The van der Waals surface area contributed by atoms with Gasteiger partial charge in [0, 0.05) is 24.5 Å². The van der Waals surface area contributed by atoms with E-state index in [9.17, 15) is 14.7 Å². The van der Waals surface area contributed by atoms with Crippen LogP contribution in [0.3, 0.4) is 0 Å². The van der Waals surface area contributed by atoms with Crippen molar-refractivity contribution in [3.8, 4) is 5.75 Å². The predicted molar refractivity (Wildman–Crippen MR) is 106 cm³/mol. The molecule has 1 heterocycles. The van der Waals surface area contributed by atoms with Crippen LogP contribution in [0.1, 0.15) is 21.5 Å². The Morgan fingerprint density at radius 1 is 1.00 bits per heavy atom. The van der Waals surface area contributed by atoms with Gasteiger partial charge in [-0.05, 0) is 41.5 Å². The number of carbonyl (C=O) groups excluding carboxylic acids is 2. The molecule has 0 spiro atoms. The number of rotatable bonds is 6. The molecule has 28 heavy (non-hydrogen) atoms. The first-order valence-electron chi connectivity index (χ1n) is 8.65. The number of nitrogens with zero attached hydrogens (tertiary/aromatic N) is 2. The molecular formula is C21H20N4O3. The Labute approximate surface area is 162 Å². The van der Waals surface area contributed by atoms with Gasteiger partial charge in [-0.3, -0.25) is 14.7 Å². The number of primary amides is 1. The van der Waals surface area contributed by atoms with E-state index in [2.05, 4.69) is 10.3 Å². The minimum atomic E-state index is -0.515. The van der Waals surface area contributed by atoms with E-state index in [1.54, 1.807) is 60.9 Å². The van der Waals surface area contributed by atoms with Crippen LogP contribution >= 0.6 is 0 Å². The maximum Gasteiger partial charge on any atom is 0.322 e. The van der Waals surface area contributed by atoms with Crippen LogP contribution in [0.4, 0.5) is 10.5 Å². The number of pyridine rings is 1. The van der Waals surface area contributed by atoms with Gasteiger partial charge in [-0.2, -0.15) is 0 Å². The fourth-order valence-corrected chi connectivity index (χ4v) is 2.69. The molecule has 0 fully saturated rings. The number of benzene rings is 2. The zero-order valence-corrected chi connectivity index (χ0v) is 15.1. The number of hydrogen-bond donors (Lipinski definition) is 3. The maximum absolute atomic E-state index is 12.9. The number of phenols is 1. The Kier molecular flexibility index (Phi) is 5.86. The van der Waals surface area contributed by atoms with Gasteiger partial charge >= 0.3 is 6.03 Å². The van der Waals surface area contributed by atoms with Crippen LogP contribution in [0.5, 0.6) is 5.75 Å². The van der Waals surface area contributed by atoms with Crippen molar-refractivity contribution < 1.29 is 14.7 Å². The molecule has 7 heteroatoms. The van der Waals surface area contributed by atoms with Crippen LogP contribution in [-0.2, 0) is 13.1 Å². The molecule has 7 nitrogen and oxygen atoms in total. The van der Waals surface area contributed by atoms with Crippen LogP contribution in [0.15, 0.2) is 73.1 Å². The molecule has 0 aliphatic carbocycles. The van der Waals surface area contributed by atoms with E-state index < -0.39 is 5.91 Å². The summed E-state index contributed by atoms with van der Waals surface area (Å²) in [6, 6.07) is 16.6. The summed E-state index contributed by atoms with van der Waals surface area (Å²) in [5.74, 6) is -0.522. The number of urea groups is 1. The molecule has 0 bridgehead atoms. The number of nitrogens with two attached hydrogens (primary N) is 1. The second-order valence-corrected chi connectivity index (χ2v) is 6.16. The molecule has 4 N–H and O–H groups in total. The number of anilines is 1. The molecule has 0 atom stereocenters. The second kappa shape index (κ2) is 8.68. The second-order valence-electron chi connectivity index (χ2n) is 6.16. The van der Waals surface area contributed by atoms with Crippen LogP contribution < -0.4 is 16.0 Å². The molecule has 142 valence electrons. The summed E-state index contributed by atoms with van der Waals surface area (Å²) in [5.41, 5.74) is 7.68. The van der Waals surface area contributed by atoms with Gasteiger partial charge in [-0.1, -0.05) is 30.3 Å². The third-order valence-corrected chi connectivity index (χ3v) is 4.16. The lowest BCUT2D eigenvalue weighted by atomic mass is 10.1. The molecule has 3 amide bonds. The normalized spacial score (nSPS) is 10.3. The SMILES string of the molecule is NC(=O)c1ccc(CN(C(=O)NCc2cccnc2)c2ccccc2O)cc1. The monoisotopic (exact) mass is 376 g/mol. The molecule has 0 aliphatic rings. The van der Waals surface area contributed by atoms with E-state index in [0.717, 1.165) is 11.1 Å². The Morgan fingerprint density at radius 3 is 2.39 bits per heavy atom. The van der Waals surface area contributed by atoms with Crippen LogP contribution in [0.25, 0.3) is 0 Å². The molecule has 0 saturated carbocycles. The van der Waals surface area contributed by atoms with E-state index in [-0.39, 0.29) is 18.3 Å². The molecule has 3 rings (SSSR count). The lowest BCUT2D eigenvalue weighted by Crippen LogP contribution is -2.39. The number of para-hydroxylation sites is 2. The van der Waals surface area contributed by atoms with Crippen molar-refractivity contribution in [1.82, 2.24) is 10.3 Å². The van der Waals surface area contributed by atoms with Gasteiger partial charge in [0.05, 0.1) is 12.2 Å². The highest BCUT2D eigenvalue weighted by atomic mass is 16.3. The zero-order chi connectivity index (χ0) is 19.9. The van der Waals surface area contributed by atoms with E-state index in [1.807, 2.05) is 6.07 Å². The van der Waals surface area contributed by atoms with Crippen molar-refractivity contribution in [2.24, 2.45) is 5.73 Å². The van der Waals surface area contributed by atoms with Crippen molar-refractivity contribution in [3.05, 3.63) is 89.7 Å². The highest BCUT2D eigenvalue weighted by molar-refractivity contribution is 5.94. The summed E-state index contributed by atoms with van der Waals surface area (Å²) >= 11 is 0. The fourth-order valence-electron chi connectivity index (χ4n) is 2.69. The number of phenolic OH excluding ortho intramolecular Hbond substituents is 1. The van der Waals surface area contributed by atoms with Gasteiger partial charge in [0.2, 0.25) is 5.91 Å². The summed E-state index contributed by atoms with van der Waals surface area (Å²) in [6.07, 6.45) is 3.34. The van der Waals surface area contributed by atoms with Crippen molar-refractivity contribution in [2.75, 3.05) is 4.90 Å². The summed E-state index contributed by atoms with van der Waals surface area (Å²) in [5, 5.41) is 13.1. The van der Waals surface area contributed by atoms with Gasteiger partial charge in [0.1, 0.15) is 5.75 Å².